The van der Waals surface area contributed by atoms with E-state index in [0.29, 0.717) is 6.42 Å². The SMILES string of the molecule is CCC(CCO)NC(=O)c1cc2ccccc2cc1O. The van der Waals surface area contributed by atoms with Crippen LogP contribution < -0.4 is 5.32 Å². The van der Waals surface area contributed by atoms with Crippen LogP contribution in [0.2, 0.25) is 0 Å². The Kier molecular flexibility index (Phi) is 4.58. The number of rotatable bonds is 5. The van der Waals surface area contributed by atoms with Gasteiger partial charge in [-0.05, 0) is 35.7 Å². The average Bonchev–Trinajstić information content (AvgIpc) is 2.45. The first-order chi connectivity index (χ1) is 9.65. The summed E-state index contributed by atoms with van der Waals surface area (Å²) in [5, 5.41) is 23.6. The Hall–Kier alpha value is -2.07. The number of carbonyl (C=O) groups excluding carboxylic acids is 1. The van der Waals surface area contributed by atoms with Gasteiger partial charge in [-0.15, -0.1) is 0 Å². The Balaban J connectivity index is 2.27. The number of hydrogen-bond acceptors (Lipinski definition) is 3. The summed E-state index contributed by atoms with van der Waals surface area (Å²) in [6.07, 6.45) is 1.25. The van der Waals surface area contributed by atoms with Crippen molar-refractivity contribution in [3.8, 4) is 5.75 Å². The van der Waals surface area contributed by atoms with Gasteiger partial charge in [0.25, 0.3) is 5.91 Å². The number of fused-ring (bicyclic) bond motifs is 1. The van der Waals surface area contributed by atoms with E-state index in [-0.39, 0.29) is 29.9 Å². The number of phenolic OH excluding ortho intramolecular Hbond substituents is 1. The quantitative estimate of drug-likeness (QED) is 0.783. The predicted molar refractivity (Wildman–Crippen MR) is 78.9 cm³/mol. The summed E-state index contributed by atoms with van der Waals surface area (Å²) < 4.78 is 0. The van der Waals surface area contributed by atoms with E-state index in [1.807, 2.05) is 31.2 Å². The number of aliphatic hydroxyl groups excluding tert-OH is 1. The van der Waals surface area contributed by atoms with E-state index in [0.717, 1.165) is 17.2 Å². The molecule has 0 aliphatic rings. The van der Waals surface area contributed by atoms with E-state index in [2.05, 4.69) is 5.32 Å². The molecule has 0 spiro atoms. The van der Waals surface area contributed by atoms with Gasteiger partial charge in [-0.25, -0.2) is 0 Å². The summed E-state index contributed by atoms with van der Waals surface area (Å²) in [4.78, 5) is 12.2. The number of hydrogen-bond donors (Lipinski definition) is 3. The monoisotopic (exact) mass is 273 g/mol. The van der Waals surface area contributed by atoms with Crippen LogP contribution in [0.5, 0.6) is 5.75 Å². The fourth-order valence-corrected chi connectivity index (χ4v) is 2.21. The second-order valence-corrected chi connectivity index (χ2v) is 4.81. The minimum Gasteiger partial charge on any atom is -0.507 e. The number of carbonyl (C=O) groups is 1. The third-order valence-electron chi connectivity index (χ3n) is 3.41. The van der Waals surface area contributed by atoms with Gasteiger partial charge in [0.2, 0.25) is 0 Å². The fourth-order valence-electron chi connectivity index (χ4n) is 2.21. The molecule has 2 aromatic carbocycles. The summed E-state index contributed by atoms with van der Waals surface area (Å²) in [5.74, 6) is -0.339. The van der Waals surface area contributed by atoms with E-state index in [1.54, 1.807) is 12.1 Å². The number of nitrogens with one attached hydrogen (secondary N) is 1. The highest BCUT2D eigenvalue weighted by Crippen LogP contribution is 2.25. The minimum absolute atomic E-state index is 0.0277. The lowest BCUT2D eigenvalue weighted by Crippen LogP contribution is -2.35. The van der Waals surface area contributed by atoms with Crippen LogP contribution in [0.3, 0.4) is 0 Å². The molecule has 4 nitrogen and oxygen atoms in total. The zero-order valence-electron chi connectivity index (χ0n) is 11.5. The highest BCUT2D eigenvalue weighted by Gasteiger charge is 2.15. The summed E-state index contributed by atoms with van der Waals surface area (Å²) in [5.41, 5.74) is 0.264. The lowest BCUT2D eigenvalue weighted by Gasteiger charge is -2.16. The van der Waals surface area contributed by atoms with E-state index in [1.165, 1.54) is 0 Å². The van der Waals surface area contributed by atoms with Crippen molar-refractivity contribution in [2.24, 2.45) is 0 Å². The van der Waals surface area contributed by atoms with Gasteiger partial charge in [-0.2, -0.15) is 0 Å². The van der Waals surface area contributed by atoms with Gasteiger partial charge in [-0.1, -0.05) is 31.2 Å². The lowest BCUT2D eigenvalue weighted by molar-refractivity contribution is 0.0926. The van der Waals surface area contributed by atoms with Gasteiger partial charge in [0, 0.05) is 12.6 Å². The number of phenols is 1. The van der Waals surface area contributed by atoms with Crippen LogP contribution in [0.1, 0.15) is 30.1 Å². The normalized spacial score (nSPS) is 12.3. The molecule has 0 radical (unpaired) electrons. The standard InChI is InChI=1S/C16H19NO3/c1-2-13(7-8-18)17-16(20)14-9-11-5-3-4-6-12(11)10-15(14)19/h3-6,9-10,13,18-19H,2,7-8H2,1H3,(H,17,20). The third-order valence-corrected chi connectivity index (χ3v) is 3.41. The molecule has 3 N–H and O–H groups in total. The molecule has 1 unspecified atom stereocenters. The summed E-state index contributed by atoms with van der Waals surface area (Å²) in [7, 11) is 0. The van der Waals surface area contributed by atoms with Crippen LogP contribution in [-0.4, -0.2) is 28.8 Å². The number of aromatic hydroxyl groups is 1. The van der Waals surface area contributed by atoms with Crippen molar-refractivity contribution in [1.29, 1.82) is 0 Å². The molecule has 106 valence electrons. The summed E-state index contributed by atoms with van der Waals surface area (Å²) in [6.45, 7) is 1.98. The molecule has 0 saturated heterocycles. The second-order valence-electron chi connectivity index (χ2n) is 4.81. The summed E-state index contributed by atoms with van der Waals surface area (Å²) in [6, 6.07) is 10.8. The number of benzene rings is 2. The molecule has 0 bridgehead atoms. The van der Waals surface area contributed by atoms with Crippen molar-refractivity contribution in [3.05, 3.63) is 42.0 Å². The zero-order chi connectivity index (χ0) is 14.5. The van der Waals surface area contributed by atoms with Crippen LogP contribution in [0, 0.1) is 0 Å². The van der Waals surface area contributed by atoms with Crippen molar-refractivity contribution in [2.45, 2.75) is 25.8 Å². The van der Waals surface area contributed by atoms with Crippen molar-refractivity contribution in [3.63, 3.8) is 0 Å². The van der Waals surface area contributed by atoms with Crippen LogP contribution in [0.4, 0.5) is 0 Å². The Bertz CT molecular complexity index is 610. The molecule has 4 heteroatoms. The van der Waals surface area contributed by atoms with Gasteiger partial charge in [0.15, 0.2) is 0 Å². The first kappa shape index (κ1) is 14.3. The van der Waals surface area contributed by atoms with Crippen LogP contribution >= 0.6 is 0 Å². The van der Waals surface area contributed by atoms with Crippen LogP contribution in [0.25, 0.3) is 10.8 Å². The maximum atomic E-state index is 12.2. The molecule has 0 fully saturated rings. The van der Waals surface area contributed by atoms with Gasteiger partial charge in [0.05, 0.1) is 5.56 Å². The second kappa shape index (κ2) is 6.39. The molecule has 20 heavy (non-hydrogen) atoms. The third kappa shape index (κ3) is 3.08. The minimum atomic E-state index is -0.312. The lowest BCUT2D eigenvalue weighted by atomic mass is 10.0. The van der Waals surface area contributed by atoms with Crippen molar-refractivity contribution < 1.29 is 15.0 Å². The molecule has 0 aliphatic heterocycles. The molecule has 2 aromatic rings. The molecule has 0 aromatic heterocycles. The molecular weight excluding hydrogens is 254 g/mol. The molecule has 1 amide bonds. The molecule has 1 atom stereocenters. The van der Waals surface area contributed by atoms with Gasteiger partial charge in [-0.3, -0.25) is 4.79 Å². The zero-order valence-corrected chi connectivity index (χ0v) is 11.5. The first-order valence-corrected chi connectivity index (χ1v) is 6.79. The predicted octanol–water partition coefficient (Wildman–Crippen LogP) is 2.44. The van der Waals surface area contributed by atoms with Gasteiger partial charge in [0.1, 0.15) is 5.75 Å². The highest BCUT2D eigenvalue weighted by atomic mass is 16.3. The largest absolute Gasteiger partial charge is 0.507 e. The Morgan fingerprint density at radius 3 is 2.50 bits per heavy atom. The summed E-state index contributed by atoms with van der Waals surface area (Å²) >= 11 is 0. The molecule has 2 rings (SSSR count). The van der Waals surface area contributed by atoms with Crippen molar-refractivity contribution in [2.75, 3.05) is 6.61 Å². The maximum absolute atomic E-state index is 12.2. The van der Waals surface area contributed by atoms with Crippen molar-refractivity contribution in [1.82, 2.24) is 5.32 Å². The maximum Gasteiger partial charge on any atom is 0.255 e. The van der Waals surface area contributed by atoms with Gasteiger partial charge < -0.3 is 15.5 Å². The molecule has 0 aliphatic carbocycles. The van der Waals surface area contributed by atoms with Gasteiger partial charge >= 0.3 is 0 Å². The van der Waals surface area contributed by atoms with E-state index < -0.39 is 0 Å². The Labute approximate surface area is 118 Å². The highest BCUT2D eigenvalue weighted by molar-refractivity contribution is 6.01. The molecule has 0 heterocycles. The van der Waals surface area contributed by atoms with E-state index in [4.69, 9.17) is 5.11 Å². The van der Waals surface area contributed by atoms with Crippen molar-refractivity contribution >= 4 is 16.7 Å². The van der Waals surface area contributed by atoms with Crippen LogP contribution in [-0.2, 0) is 0 Å². The Morgan fingerprint density at radius 1 is 1.25 bits per heavy atom. The van der Waals surface area contributed by atoms with Crippen LogP contribution in [0.15, 0.2) is 36.4 Å². The average molecular weight is 273 g/mol. The first-order valence-electron chi connectivity index (χ1n) is 6.79. The molecular formula is C16H19NO3. The van der Waals surface area contributed by atoms with E-state index in [9.17, 15) is 9.90 Å². The number of amides is 1. The molecule has 0 saturated carbocycles. The number of aliphatic hydroxyl groups is 1. The smallest absolute Gasteiger partial charge is 0.255 e. The van der Waals surface area contributed by atoms with E-state index >= 15 is 0 Å². The fraction of sp³-hybridized carbons (Fsp3) is 0.312. The topological polar surface area (TPSA) is 69.6 Å². The Morgan fingerprint density at radius 2 is 1.90 bits per heavy atom.